The molecule has 0 N–H and O–H groups in total. The second kappa shape index (κ2) is 5.94. The van der Waals surface area contributed by atoms with Gasteiger partial charge in [0, 0.05) is 0 Å². The highest BCUT2D eigenvalue weighted by atomic mass is 35.6. The van der Waals surface area contributed by atoms with Crippen LogP contribution in [0, 0.1) is 23.3 Å². The summed E-state index contributed by atoms with van der Waals surface area (Å²) in [6.45, 7) is 0. The van der Waals surface area contributed by atoms with Gasteiger partial charge in [0.1, 0.15) is 0 Å². The van der Waals surface area contributed by atoms with Gasteiger partial charge in [0.25, 0.3) is 0 Å². The molecule has 0 bridgehead atoms. The van der Waals surface area contributed by atoms with Crippen molar-refractivity contribution in [1.82, 2.24) is 0 Å². The van der Waals surface area contributed by atoms with Gasteiger partial charge in [-0.05, 0) is 0 Å². The highest BCUT2D eigenvalue weighted by Gasteiger charge is 2.76. The topological polar surface area (TPSA) is 0 Å². The van der Waals surface area contributed by atoms with Crippen LogP contribution in [0.15, 0.2) is 0 Å². The molecule has 0 aliphatic heterocycles. The smallest absolute Gasteiger partial charge is 0.218 e. The molecule has 0 nitrogen and oxygen atoms in total. The molecule has 138 valence electrons. The summed E-state index contributed by atoms with van der Waals surface area (Å²) in [7, 11) is 0. The molecule has 0 heterocycles. The van der Waals surface area contributed by atoms with Crippen molar-refractivity contribution in [1.29, 1.82) is 0 Å². The Kier molecular flexibility index (Phi) is 5.29. The zero-order valence-corrected chi connectivity index (χ0v) is 12.6. The lowest BCUT2D eigenvalue weighted by molar-refractivity contribution is -0.350. The van der Waals surface area contributed by atoms with E-state index in [2.05, 4.69) is 0 Å². The van der Waals surface area contributed by atoms with Crippen LogP contribution in [0.25, 0.3) is 0 Å². The quantitative estimate of drug-likeness (QED) is 0.274. The van der Waals surface area contributed by atoms with Gasteiger partial charge in [-0.3, -0.25) is 0 Å². The van der Waals surface area contributed by atoms with E-state index in [4.69, 9.17) is 34.8 Å². The predicted molar refractivity (Wildman–Crippen MR) is 60.4 cm³/mol. The van der Waals surface area contributed by atoms with Gasteiger partial charge in [0.15, 0.2) is 23.3 Å². The third-order valence-electron chi connectivity index (χ3n) is 2.67. The molecular formula is C10Cl3F11. The van der Waals surface area contributed by atoms with Crippen molar-refractivity contribution in [2.75, 3.05) is 0 Å². The highest BCUT2D eigenvalue weighted by Crippen LogP contribution is 2.56. The van der Waals surface area contributed by atoms with Crippen LogP contribution in [0.2, 0.25) is 0 Å². The minimum atomic E-state index is -7.02. The molecule has 1 aromatic carbocycles. The molecule has 0 fully saturated rings. The van der Waals surface area contributed by atoms with E-state index < -0.39 is 56.2 Å². The number of rotatable bonds is 1. The summed E-state index contributed by atoms with van der Waals surface area (Å²) in [5.74, 6) is -12.6. The first-order valence-corrected chi connectivity index (χ1v) is 6.28. The van der Waals surface area contributed by atoms with Crippen molar-refractivity contribution in [3.05, 3.63) is 34.4 Å². The van der Waals surface area contributed by atoms with Crippen LogP contribution in [-0.2, 0) is 9.46 Å². The van der Waals surface area contributed by atoms with Gasteiger partial charge >= 0.3 is 18.0 Å². The Morgan fingerprint density at radius 2 is 0.750 bits per heavy atom. The fourth-order valence-corrected chi connectivity index (χ4v) is 2.12. The Bertz CT molecular complexity index is 613. The second-order valence-corrected chi connectivity index (χ2v) is 6.44. The Balaban J connectivity index is 4.05. The van der Waals surface area contributed by atoms with Crippen LogP contribution in [0.5, 0.6) is 0 Å². The van der Waals surface area contributed by atoms with Crippen molar-refractivity contribution >= 4 is 34.8 Å². The van der Waals surface area contributed by atoms with Crippen molar-refractivity contribution in [3.8, 4) is 0 Å². The minimum Gasteiger partial charge on any atom is -0.218 e. The normalized spacial score (nSPS) is 14.2. The lowest BCUT2D eigenvalue weighted by atomic mass is 9.91. The number of benzene rings is 1. The maximum Gasteiger partial charge on any atom is 0.436 e. The zero-order chi connectivity index (χ0) is 19.5. The van der Waals surface area contributed by atoms with Gasteiger partial charge in [0.2, 0.25) is 3.79 Å². The van der Waals surface area contributed by atoms with Gasteiger partial charge in [0.05, 0.1) is 11.1 Å². The van der Waals surface area contributed by atoms with E-state index in [0.29, 0.717) is 0 Å². The van der Waals surface area contributed by atoms with E-state index in [1.807, 2.05) is 0 Å². The molecule has 0 spiro atoms. The van der Waals surface area contributed by atoms with Gasteiger partial charge in [-0.15, -0.1) is 0 Å². The zero-order valence-electron chi connectivity index (χ0n) is 10.3. The molecule has 0 saturated heterocycles. The van der Waals surface area contributed by atoms with Gasteiger partial charge in [-0.25, -0.2) is 22.0 Å². The summed E-state index contributed by atoms with van der Waals surface area (Å²) in [5, 5.41) is 0. The predicted octanol–water partition coefficient (Wildman–Crippen LogP) is 6.36. The summed E-state index contributed by atoms with van der Waals surface area (Å²) >= 11 is 14.8. The molecular weight excluding hydrogens is 435 g/mol. The molecule has 0 aliphatic carbocycles. The highest BCUT2D eigenvalue weighted by molar-refractivity contribution is 6.66. The Morgan fingerprint density at radius 3 is 0.958 bits per heavy atom. The first kappa shape index (κ1) is 21.4. The van der Waals surface area contributed by atoms with E-state index in [-0.39, 0.29) is 0 Å². The Morgan fingerprint density at radius 1 is 0.500 bits per heavy atom. The Hall–Kier alpha value is -0.680. The van der Waals surface area contributed by atoms with Crippen molar-refractivity contribution < 1.29 is 48.3 Å². The molecule has 0 radical (unpaired) electrons. The maximum absolute atomic E-state index is 13.7. The lowest BCUT2D eigenvalue weighted by Gasteiger charge is -2.31. The van der Waals surface area contributed by atoms with Crippen LogP contribution < -0.4 is 0 Å². The minimum absolute atomic E-state index is 2.15. The summed E-state index contributed by atoms with van der Waals surface area (Å²) < 4.78 is 140. The molecule has 24 heavy (non-hydrogen) atoms. The monoisotopic (exact) mass is 434 g/mol. The fourth-order valence-electron chi connectivity index (χ4n) is 1.63. The van der Waals surface area contributed by atoms with Gasteiger partial charge in [-0.1, -0.05) is 34.8 Å². The average Bonchev–Trinajstić information content (AvgIpc) is 2.32. The number of hydrogen-bond acceptors (Lipinski definition) is 0. The van der Waals surface area contributed by atoms with Crippen LogP contribution >= 0.6 is 34.8 Å². The second-order valence-electron chi connectivity index (χ2n) is 4.16. The third-order valence-corrected chi connectivity index (χ3v) is 3.24. The standard InChI is InChI=1S/C10Cl3F11/c11-8(12,13)2-5(16)3(14)1(4(15)6(2)17)7(18,9(19,20)21)10(22,23)24. The number of alkyl halides is 10. The summed E-state index contributed by atoms with van der Waals surface area (Å²) in [6, 6.07) is 0. The largest absolute Gasteiger partial charge is 0.436 e. The summed E-state index contributed by atoms with van der Waals surface area (Å²) in [6.07, 6.45) is -14.0. The van der Waals surface area contributed by atoms with E-state index in [9.17, 15) is 48.3 Å². The third kappa shape index (κ3) is 3.10. The molecule has 1 rings (SSSR count). The fraction of sp³-hybridized carbons (Fsp3) is 0.400. The SMILES string of the molecule is Fc1c(F)c(C(F)(C(F)(F)F)C(F)(F)F)c(F)c(F)c1C(Cl)(Cl)Cl. The van der Waals surface area contributed by atoms with Crippen molar-refractivity contribution in [2.45, 2.75) is 21.8 Å². The molecule has 14 heteroatoms. The molecule has 0 saturated carbocycles. The summed E-state index contributed by atoms with van der Waals surface area (Å²) in [5.41, 5.74) is -12.5. The van der Waals surface area contributed by atoms with E-state index in [1.54, 1.807) is 0 Å². The van der Waals surface area contributed by atoms with E-state index >= 15 is 0 Å². The van der Waals surface area contributed by atoms with E-state index in [0.717, 1.165) is 0 Å². The van der Waals surface area contributed by atoms with Crippen LogP contribution in [-0.4, -0.2) is 12.4 Å². The number of hydrogen-bond donors (Lipinski definition) is 0. The van der Waals surface area contributed by atoms with Gasteiger partial charge < -0.3 is 0 Å². The average molecular weight is 435 g/mol. The first-order valence-electron chi connectivity index (χ1n) is 5.15. The molecule has 0 amide bonds. The number of halogens is 14. The van der Waals surface area contributed by atoms with E-state index in [1.165, 1.54) is 0 Å². The molecule has 0 aromatic heterocycles. The van der Waals surface area contributed by atoms with Crippen molar-refractivity contribution in [3.63, 3.8) is 0 Å². The maximum atomic E-state index is 13.7. The summed E-state index contributed by atoms with van der Waals surface area (Å²) in [4.78, 5) is 0. The first-order chi connectivity index (χ1) is 10.4. The molecule has 1 aromatic rings. The van der Waals surface area contributed by atoms with Crippen LogP contribution in [0.3, 0.4) is 0 Å². The Labute approximate surface area is 140 Å². The molecule has 0 aliphatic rings. The van der Waals surface area contributed by atoms with Crippen LogP contribution in [0.1, 0.15) is 11.1 Å². The van der Waals surface area contributed by atoms with Crippen LogP contribution in [0.4, 0.5) is 48.3 Å². The van der Waals surface area contributed by atoms with Gasteiger partial charge in [-0.2, -0.15) is 26.3 Å². The van der Waals surface area contributed by atoms with Crippen molar-refractivity contribution in [2.24, 2.45) is 0 Å². The molecule has 0 atom stereocenters. The molecule has 0 unspecified atom stereocenters. The lowest BCUT2D eigenvalue weighted by Crippen LogP contribution is -2.52.